The first-order chi connectivity index (χ1) is 48.5. The van der Waals surface area contributed by atoms with Crippen LogP contribution < -0.4 is 9.80 Å². The lowest BCUT2D eigenvalue weighted by Crippen LogP contribution is -2.09. The molecule has 0 spiro atoms. The zero-order valence-electron chi connectivity index (χ0n) is 53.4. The van der Waals surface area contributed by atoms with Crippen molar-refractivity contribution in [1.82, 2.24) is 0 Å². The number of rotatable bonds is 12. The van der Waals surface area contributed by atoms with E-state index in [9.17, 15) is 0 Å². The highest BCUT2D eigenvalue weighted by molar-refractivity contribution is 6.25. The molecule has 4 heteroatoms. The fraction of sp³-hybridized carbons (Fsp3) is 0. The second kappa shape index (κ2) is 23.5. The maximum Gasteiger partial charge on any atom is 0.143 e. The van der Waals surface area contributed by atoms with Gasteiger partial charge >= 0.3 is 0 Å². The summed E-state index contributed by atoms with van der Waals surface area (Å²) in [5, 5.41) is 13.8. The van der Waals surface area contributed by atoms with Crippen LogP contribution in [0.4, 0.5) is 34.1 Å². The molecular weight excluding hydrogens is 1190 g/mol. The van der Waals surface area contributed by atoms with Crippen LogP contribution in [0.1, 0.15) is 0 Å². The Balaban J connectivity index is 0.592. The highest BCUT2D eigenvalue weighted by Gasteiger charge is 2.20. The van der Waals surface area contributed by atoms with Gasteiger partial charge in [-0.05, 0) is 214 Å². The van der Waals surface area contributed by atoms with Crippen molar-refractivity contribution in [2.24, 2.45) is 0 Å². The molecule has 19 aromatic rings. The number of para-hydroxylation sites is 2. The Bertz CT molecular complexity index is 6220. The van der Waals surface area contributed by atoms with Crippen LogP contribution in [-0.2, 0) is 0 Å². The summed E-state index contributed by atoms with van der Waals surface area (Å²) in [6.45, 7) is 0. The van der Waals surface area contributed by atoms with Gasteiger partial charge in [-0.2, -0.15) is 0 Å². The Hall–Kier alpha value is -13.0. The molecule has 17 aromatic carbocycles. The molecule has 0 aliphatic heterocycles. The van der Waals surface area contributed by atoms with Crippen LogP contribution in [0.3, 0.4) is 0 Å². The van der Waals surface area contributed by atoms with E-state index in [0.717, 1.165) is 139 Å². The van der Waals surface area contributed by atoms with Crippen LogP contribution in [0.2, 0.25) is 0 Å². The van der Waals surface area contributed by atoms with Gasteiger partial charge in [0.2, 0.25) is 0 Å². The average Bonchev–Trinajstić information content (AvgIpc) is 1.57. The highest BCUT2D eigenvalue weighted by Crippen LogP contribution is 2.45. The molecular formula is C94H60N2O2. The lowest BCUT2D eigenvalue weighted by atomic mass is 9.95. The zero-order chi connectivity index (χ0) is 64.6. The van der Waals surface area contributed by atoms with E-state index in [0.29, 0.717) is 0 Å². The Morgan fingerprint density at radius 1 is 0.163 bits per heavy atom. The van der Waals surface area contributed by atoms with Crippen molar-refractivity contribution < 1.29 is 8.83 Å². The van der Waals surface area contributed by atoms with E-state index in [1.54, 1.807) is 0 Å². The fourth-order valence-electron chi connectivity index (χ4n) is 14.8. The molecule has 0 bridgehead atoms. The van der Waals surface area contributed by atoms with Gasteiger partial charge in [-0.15, -0.1) is 0 Å². The number of anilines is 6. The van der Waals surface area contributed by atoms with Gasteiger partial charge in [0.25, 0.3) is 0 Å². The summed E-state index contributed by atoms with van der Waals surface area (Å²) in [4.78, 5) is 4.67. The molecule has 0 atom stereocenters. The number of hydrogen-bond acceptors (Lipinski definition) is 4. The molecule has 0 saturated carbocycles. The van der Waals surface area contributed by atoms with Gasteiger partial charge < -0.3 is 18.6 Å². The summed E-state index contributed by atoms with van der Waals surface area (Å²) in [5.41, 5.74) is 24.2. The van der Waals surface area contributed by atoms with Gasteiger partial charge in [-0.1, -0.05) is 249 Å². The van der Waals surface area contributed by atoms with E-state index in [4.69, 9.17) is 8.83 Å². The summed E-state index contributed by atoms with van der Waals surface area (Å²) in [6.07, 6.45) is 0. The Kier molecular flexibility index (Phi) is 13.5. The quantitative estimate of drug-likeness (QED) is 0.114. The first-order valence-corrected chi connectivity index (χ1v) is 33.5. The normalized spacial score (nSPS) is 11.7. The van der Waals surface area contributed by atoms with Crippen molar-refractivity contribution in [2.45, 2.75) is 0 Å². The summed E-state index contributed by atoms with van der Waals surface area (Å²) in [6, 6.07) is 132. The second-order valence-electron chi connectivity index (χ2n) is 25.5. The smallest absolute Gasteiger partial charge is 0.143 e. The van der Waals surface area contributed by atoms with Crippen LogP contribution in [0.5, 0.6) is 0 Å². The summed E-state index contributed by atoms with van der Waals surface area (Å²) < 4.78 is 13.4. The molecule has 0 aliphatic rings. The number of furan rings is 2. The van der Waals surface area contributed by atoms with E-state index >= 15 is 0 Å². The summed E-state index contributed by atoms with van der Waals surface area (Å²) >= 11 is 0. The van der Waals surface area contributed by atoms with Crippen molar-refractivity contribution in [3.05, 3.63) is 364 Å². The van der Waals surface area contributed by atoms with Crippen LogP contribution in [0.25, 0.3) is 154 Å². The minimum absolute atomic E-state index is 0.875. The largest absolute Gasteiger partial charge is 0.455 e. The third-order valence-electron chi connectivity index (χ3n) is 19.9. The molecule has 4 nitrogen and oxygen atoms in total. The van der Waals surface area contributed by atoms with Crippen molar-refractivity contribution >= 4 is 121 Å². The van der Waals surface area contributed by atoms with Gasteiger partial charge in [0.15, 0.2) is 0 Å². The summed E-state index contributed by atoms with van der Waals surface area (Å²) in [5.74, 6) is 0. The SMILES string of the molecule is c1ccc(-c2ccc(N(c3ccccc3)c3ccc(-c4ccc5c(ccc6ccc7c8cc(-c9ccc(-c%10ccc(N(c%11ccc(-c%12ccccc%12)cc%11)c%11ccc(-c%12ccc%13c(ccc%14ccc%15c%16ccccc%16oc%15c%14%13)c%12)cc%11)cc%10)cc9)ccc8oc7c65)c4)cc3)cc2)cc1. The van der Waals surface area contributed by atoms with E-state index in [-0.39, 0.29) is 0 Å². The molecule has 19 rings (SSSR count). The molecule has 0 radical (unpaired) electrons. The monoisotopic (exact) mass is 1250 g/mol. The van der Waals surface area contributed by atoms with Crippen molar-refractivity contribution in [2.75, 3.05) is 9.80 Å². The van der Waals surface area contributed by atoms with Crippen LogP contribution in [-0.4, -0.2) is 0 Å². The van der Waals surface area contributed by atoms with E-state index in [2.05, 4.69) is 368 Å². The van der Waals surface area contributed by atoms with Crippen LogP contribution >= 0.6 is 0 Å². The van der Waals surface area contributed by atoms with Crippen molar-refractivity contribution in [3.63, 3.8) is 0 Å². The molecule has 0 N–H and O–H groups in total. The highest BCUT2D eigenvalue weighted by atomic mass is 16.3. The Morgan fingerprint density at radius 2 is 0.439 bits per heavy atom. The molecule has 458 valence electrons. The van der Waals surface area contributed by atoms with E-state index < -0.39 is 0 Å². The van der Waals surface area contributed by atoms with Crippen molar-refractivity contribution in [1.29, 1.82) is 0 Å². The van der Waals surface area contributed by atoms with E-state index in [1.165, 1.54) is 49.2 Å². The standard InChI is InChI=1S/C94H60N2O2/c1-4-12-61(13-5-1)64-28-43-78(44-29-64)95(77-16-8-3-9-17-77)79-49-34-68(35-50-79)73-41-54-84-76(59-73)27-25-71-39-56-87-88-60-74(42-57-90(88)98-94(87)92(71)84)67-22-20-63(21-23-67)66-32-47-81(48-33-66)96(80-45-30-65(31-46-80)62-14-6-2-7-15-62)82-51-36-69(37-52-82)72-40-53-83-75(58-72)26-24-70-38-55-86-85-18-10-11-19-89(85)97-93(86)91(70)83/h1-60H. The van der Waals surface area contributed by atoms with Gasteiger partial charge in [0, 0.05) is 66.4 Å². The molecule has 2 heterocycles. The van der Waals surface area contributed by atoms with Gasteiger partial charge in [0.1, 0.15) is 22.3 Å². The first-order valence-electron chi connectivity index (χ1n) is 33.5. The fourth-order valence-corrected chi connectivity index (χ4v) is 14.8. The predicted octanol–water partition coefficient (Wildman–Crippen LogP) is 27.0. The average molecular weight is 1250 g/mol. The molecule has 0 aliphatic carbocycles. The van der Waals surface area contributed by atoms with Crippen molar-refractivity contribution in [3.8, 4) is 66.8 Å². The van der Waals surface area contributed by atoms with Gasteiger partial charge in [0.05, 0.1) is 0 Å². The number of hydrogen-bond donors (Lipinski definition) is 0. The molecule has 98 heavy (non-hydrogen) atoms. The predicted molar refractivity (Wildman–Crippen MR) is 413 cm³/mol. The van der Waals surface area contributed by atoms with Gasteiger partial charge in [-0.25, -0.2) is 0 Å². The molecule has 0 fully saturated rings. The molecule has 0 unspecified atom stereocenters. The Labute approximate surface area is 567 Å². The lowest BCUT2D eigenvalue weighted by molar-refractivity contribution is 0.672. The number of nitrogens with zero attached hydrogens (tertiary/aromatic N) is 2. The third-order valence-corrected chi connectivity index (χ3v) is 19.9. The maximum absolute atomic E-state index is 6.85. The maximum atomic E-state index is 6.85. The molecule has 0 amide bonds. The number of fused-ring (bicyclic) bond motifs is 14. The number of benzene rings is 17. The lowest BCUT2D eigenvalue weighted by Gasteiger charge is -2.26. The summed E-state index contributed by atoms with van der Waals surface area (Å²) in [7, 11) is 0. The third kappa shape index (κ3) is 9.93. The second-order valence-corrected chi connectivity index (χ2v) is 25.5. The van der Waals surface area contributed by atoms with Gasteiger partial charge in [-0.3, -0.25) is 0 Å². The zero-order valence-corrected chi connectivity index (χ0v) is 53.4. The molecule has 2 aromatic heterocycles. The first kappa shape index (κ1) is 56.5. The topological polar surface area (TPSA) is 32.8 Å². The molecule has 0 saturated heterocycles. The van der Waals surface area contributed by atoms with Crippen LogP contribution in [0, 0.1) is 0 Å². The van der Waals surface area contributed by atoms with Crippen LogP contribution in [0.15, 0.2) is 373 Å². The minimum atomic E-state index is 0.875. The Morgan fingerprint density at radius 3 is 0.867 bits per heavy atom. The minimum Gasteiger partial charge on any atom is -0.455 e. The van der Waals surface area contributed by atoms with E-state index in [1.807, 2.05) is 6.07 Å².